The second-order valence-electron chi connectivity index (χ2n) is 3.57. The molecule has 0 spiro atoms. The third kappa shape index (κ3) is 3.07. The molecule has 0 unspecified atom stereocenters. The number of imidazole rings is 1. The van der Waals surface area contributed by atoms with E-state index in [1.165, 1.54) is 18.4 Å². The summed E-state index contributed by atoms with van der Waals surface area (Å²) in [4.78, 5) is 7.20. The van der Waals surface area contributed by atoms with Gasteiger partial charge in [-0.15, -0.1) is 0 Å². The van der Waals surface area contributed by atoms with Crippen molar-refractivity contribution >= 4 is 9.84 Å². The number of rotatable bonds is 4. The highest BCUT2D eigenvalue weighted by Crippen LogP contribution is 2.16. The number of nitrogens with one attached hydrogen (secondary N) is 1. The highest BCUT2D eigenvalue weighted by atomic mass is 32.2. The van der Waals surface area contributed by atoms with Gasteiger partial charge in [0.05, 0.1) is 4.90 Å². The maximum absolute atomic E-state index is 11.2. The fourth-order valence-electron chi connectivity index (χ4n) is 1.31. The number of nitrogens with zero attached hydrogens (tertiary/aromatic N) is 1. The fourth-order valence-corrected chi connectivity index (χ4v) is 1.94. The Morgan fingerprint density at radius 2 is 2.00 bits per heavy atom. The van der Waals surface area contributed by atoms with Gasteiger partial charge in [0.15, 0.2) is 9.84 Å². The maximum Gasteiger partial charge on any atom is 0.175 e. The number of benzene rings is 1. The van der Waals surface area contributed by atoms with Crippen LogP contribution in [0.15, 0.2) is 41.6 Å². The topological polar surface area (TPSA) is 72.1 Å². The number of hydrogen-bond acceptors (Lipinski definition) is 4. The molecule has 1 aromatic heterocycles. The summed E-state index contributed by atoms with van der Waals surface area (Å²) in [5, 5.41) is 0. The summed E-state index contributed by atoms with van der Waals surface area (Å²) in [6, 6.07) is 6.29. The zero-order valence-corrected chi connectivity index (χ0v) is 10.1. The van der Waals surface area contributed by atoms with Crippen LogP contribution < -0.4 is 4.74 Å². The van der Waals surface area contributed by atoms with Crippen LogP contribution in [0.1, 0.15) is 5.82 Å². The fraction of sp³-hybridized carbons (Fsp3) is 0.182. The van der Waals surface area contributed by atoms with Gasteiger partial charge in [0.2, 0.25) is 0 Å². The van der Waals surface area contributed by atoms with Crippen molar-refractivity contribution in [3.63, 3.8) is 0 Å². The van der Waals surface area contributed by atoms with E-state index in [0.29, 0.717) is 12.4 Å². The molecule has 1 aromatic carbocycles. The summed E-state index contributed by atoms with van der Waals surface area (Å²) in [7, 11) is -3.15. The molecule has 2 aromatic rings. The summed E-state index contributed by atoms with van der Waals surface area (Å²) in [6.45, 7) is 0.325. The maximum atomic E-state index is 11.2. The highest BCUT2D eigenvalue weighted by molar-refractivity contribution is 7.90. The Balaban J connectivity index is 2.04. The standard InChI is InChI=1S/C11H12N2O3S/c1-17(14,15)10-4-2-9(3-5-10)16-8-11-12-6-7-13-11/h2-7H,8H2,1H3,(H,12,13). The molecule has 0 atom stereocenters. The van der Waals surface area contributed by atoms with Gasteiger partial charge in [0.25, 0.3) is 0 Å². The first-order chi connectivity index (χ1) is 8.05. The van der Waals surface area contributed by atoms with E-state index in [1.807, 2.05) is 0 Å². The summed E-state index contributed by atoms with van der Waals surface area (Å²) in [5.41, 5.74) is 0. The van der Waals surface area contributed by atoms with Crippen molar-refractivity contribution in [1.82, 2.24) is 9.97 Å². The predicted octanol–water partition coefficient (Wildman–Crippen LogP) is 1.39. The van der Waals surface area contributed by atoms with E-state index < -0.39 is 9.84 Å². The van der Waals surface area contributed by atoms with Crippen molar-refractivity contribution in [2.24, 2.45) is 0 Å². The van der Waals surface area contributed by atoms with Crippen molar-refractivity contribution in [2.75, 3.05) is 6.26 Å². The third-order valence-corrected chi connectivity index (χ3v) is 3.31. The van der Waals surface area contributed by atoms with E-state index in [4.69, 9.17) is 4.74 Å². The minimum absolute atomic E-state index is 0.280. The van der Waals surface area contributed by atoms with E-state index in [1.54, 1.807) is 24.5 Å². The number of aromatic nitrogens is 2. The average Bonchev–Trinajstić information content (AvgIpc) is 2.78. The quantitative estimate of drug-likeness (QED) is 0.892. The Hall–Kier alpha value is -1.82. The van der Waals surface area contributed by atoms with Gasteiger partial charge < -0.3 is 9.72 Å². The molecule has 0 saturated carbocycles. The number of H-pyrrole nitrogens is 1. The first-order valence-corrected chi connectivity index (χ1v) is 6.86. The van der Waals surface area contributed by atoms with Gasteiger partial charge in [-0.3, -0.25) is 0 Å². The lowest BCUT2D eigenvalue weighted by Gasteiger charge is -2.04. The molecule has 0 aliphatic heterocycles. The van der Waals surface area contributed by atoms with E-state index in [9.17, 15) is 8.42 Å². The van der Waals surface area contributed by atoms with Crippen LogP contribution >= 0.6 is 0 Å². The number of hydrogen-bond donors (Lipinski definition) is 1. The van der Waals surface area contributed by atoms with Crippen LogP contribution in [0.5, 0.6) is 5.75 Å². The van der Waals surface area contributed by atoms with Gasteiger partial charge in [-0.05, 0) is 24.3 Å². The third-order valence-electron chi connectivity index (χ3n) is 2.18. The molecule has 1 N–H and O–H groups in total. The molecule has 6 heteroatoms. The van der Waals surface area contributed by atoms with Crippen molar-refractivity contribution < 1.29 is 13.2 Å². The number of aromatic amines is 1. The van der Waals surface area contributed by atoms with Gasteiger partial charge in [0, 0.05) is 18.6 Å². The molecule has 1 heterocycles. The molecule has 2 rings (SSSR count). The van der Waals surface area contributed by atoms with Crippen molar-refractivity contribution in [2.45, 2.75) is 11.5 Å². The summed E-state index contributed by atoms with van der Waals surface area (Å²) in [5.74, 6) is 1.32. The van der Waals surface area contributed by atoms with Gasteiger partial charge >= 0.3 is 0 Å². The molecule has 0 aliphatic rings. The van der Waals surface area contributed by atoms with Gasteiger partial charge in [0.1, 0.15) is 18.2 Å². The highest BCUT2D eigenvalue weighted by Gasteiger charge is 2.06. The Morgan fingerprint density at radius 3 is 2.53 bits per heavy atom. The van der Waals surface area contributed by atoms with Crippen molar-refractivity contribution in [3.05, 3.63) is 42.5 Å². The Morgan fingerprint density at radius 1 is 1.29 bits per heavy atom. The average molecular weight is 252 g/mol. The Bertz CT molecular complexity index is 574. The van der Waals surface area contributed by atoms with Gasteiger partial charge in [-0.2, -0.15) is 0 Å². The Kier molecular flexibility index (Phi) is 3.14. The van der Waals surface area contributed by atoms with E-state index >= 15 is 0 Å². The Labute approximate surface area is 99.4 Å². The molecule has 0 radical (unpaired) electrons. The number of sulfone groups is 1. The lowest BCUT2D eigenvalue weighted by Crippen LogP contribution is -1.99. The molecular weight excluding hydrogens is 240 g/mol. The molecule has 0 fully saturated rings. The van der Waals surface area contributed by atoms with Crippen LogP contribution in [0.4, 0.5) is 0 Å². The molecule has 17 heavy (non-hydrogen) atoms. The molecular formula is C11H12N2O3S. The van der Waals surface area contributed by atoms with Crippen LogP contribution in [0.3, 0.4) is 0 Å². The molecule has 0 bridgehead atoms. The lowest BCUT2D eigenvalue weighted by molar-refractivity contribution is 0.297. The SMILES string of the molecule is CS(=O)(=O)c1ccc(OCc2ncc[nH]2)cc1. The van der Waals surface area contributed by atoms with Crippen LogP contribution in [-0.2, 0) is 16.4 Å². The van der Waals surface area contributed by atoms with Crippen LogP contribution in [0.25, 0.3) is 0 Å². The van der Waals surface area contributed by atoms with E-state index in [-0.39, 0.29) is 4.90 Å². The first-order valence-electron chi connectivity index (χ1n) is 4.97. The van der Waals surface area contributed by atoms with E-state index in [2.05, 4.69) is 9.97 Å². The molecule has 90 valence electrons. The summed E-state index contributed by atoms with van der Waals surface area (Å²) in [6.07, 6.45) is 4.53. The lowest BCUT2D eigenvalue weighted by atomic mass is 10.3. The summed E-state index contributed by atoms with van der Waals surface area (Å²) >= 11 is 0. The van der Waals surface area contributed by atoms with E-state index in [0.717, 1.165) is 5.82 Å². The van der Waals surface area contributed by atoms with Gasteiger partial charge in [-0.1, -0.05) is 0 Å². The molecule has 5 nitrogen and oxygen atoms in total. The monoisotopic (exact) mass is 252 g/mol. The van der Waals surface area contributed by atoms with Gasteiger partial charge in [-0.25, -0.2) is 13.4 Å². The normalized spacial score (nSPS) is 11.4. The van der Waals surface area contributed by atoms with Crippen molar-refractivity contribution in [1.29, 1.82) is 0 Å². The van der Waals surface area contributed by atoms with Crippen LogP contribution in [0.2, 0.25) is 0 Å². The zero-order chi connectivity index (χ0) is 12.3. The molecule has 0 saturated heterocycles. The second-order valence-corrected chi connectivity index (χ2v) is 5.58. The van der Waals surface area contributed by atoms with Crippen LogP contribution in [0, 0.1) is 0 Å². The second kappa shape index (κ2) is 4.58. The zero-order valence-electron chi connectivity index (χ0n) is 9.25. The largest absolute Gasteiger partial charge is 0.486 e. The predicted molar refractivity (Wildman–Crippen MR) is 62.5 cm³/mol. The van der Waals surface area contributed by atoms with Crippen molar-refractivity contribution in [3.8, 4) is 5.75 Å². The smallest absolute Gasteiger partial charge is 0.175 e. The minimum Gasteiger partial charge on any atom is -0.486 e. The summed E-state index contributed by atoms with van der Waals surface area (Å²) < 4.78 is 27.9. The van der Waals surface area contributed by atoms with Crippen LogP contribution in [-0.4, -0.2) is 24.6 Å². The minimum atomic E-state index is -3.15. The number of ether oxygens (including phenoxy) is 1. The first kappa shape index (κ1) is 11.7. The molecule has 0 aliphatic carbocycles. The molecule has 0 amide bonds.